The third-order valence-electron chi connectivity index (χ3n) is 10.5. The number of hydrogen-bond acceptors (Lipinski definition) is 6. The molecule has 2 aliphatic heterocycles. The van der Waals surface area contributed by atoms with Gasteiger partial charge in [0.1, 0.15) is 6.04 Å². The first-order valence-electron chi connectivity index (χ1n) is 18.0. The number of alkyl halides is 3. The Kier molecular flexibility index (Phi) is 12.0. The van der Waals surface area contributed by atoms with E-state index in [2.05, 4.69) is 43.2 Å². The third kappa shape index (κ3) is 8.98. The molecule has 2 aliphatic rings. The number of amides is 2. The van der Waals surface area contributed by atoms with E-state index in [1.807, 2.05) is 91.0 Å². The molecule has 2 amide bonds. The molecule has 2 saturated heterocycles. The van der Waals surface area contributed by atoms with Gasteiger partial charge in [-0.05, 0) is 66.3 Å². The Labute approximate surface area is 308 Å². The number of rotatable bonds is 11. The number of likely N-dealkylation sites (N-methyl/N-ethyl adjacent to an activating group) is 1. The summed E-state index contributed by atoms with van der Waals surface area (Å²) < 4.78 is 52.5. The smallest absolute Gasteiger partial charge is 0.392 e. The van der Waals surface area contributed by atoms with Crippen LogP contribution in [0.15, 0.2) is 103 Å². The van der Waals surface area contributed by atoms with Crippen molar-refractivity contribution in [3.05, 3.63) is 131 Å². The van der Waals surface area contributed by atoms with E-state index in [4.69, 9.17) is 9.47 Å². The second kappa shape index (κ2) is 16.6. The lowest BCUT2D eigenvalue weighted by Gasteiger charge is -2.43. The van der Waals surface area contributed by atoms with Crippen LogP contribution in [0, 0.1) is 5.92 Å². The molecule has 2 fully saturated rings. The number of benzene rings is 4. The van der Waals surface area contributed by atoms with Crippen LogP contribution in [-0.2, 0) is 32.2 Å². The molecule has 4 aromatic carbocycles. The number of ether oxygens (including phenoxy) is 2. The van der Waals surface area contributed by atoms with Crippen molar-refractivity contribution in [3.8, 4) is 11.1 Å². The zero-order chi connectivity index (χ0) is 37.7. The maximum Gasteiger partial charge on any atom is 0.471 e. The molecule has 8 nitrogen and oxygen atoms in total. The minimum absolute atomic E-state index is 0.0287. The first kappa shape index (κ1) is 38.2. The van der Waals surface area contributed by atoms with E-state index < -0.39 is 30.3 Å². The van der Waals surface area contributed by atoms with Gasteiger partial charge in [0.25, 0.3) is 0 Å². The summed E-state index contributed by atoms with van der Waals surface area (Å²) in [7, 11) is 2.11. The molecule has 0 bridgehead atoms. The van der Waals surface area contributed by atoms with E-state index >= 15 is 0 Å². The van der Waals surface area contributed by atoms with Crippen LogP contribution in [0.25, 0.3) is 11.1 Å². The number of hydrogen-bond donors (Lipinski definition) is 2. The van der Waals surface area contributed by atoms with Crippen molar-refractivity contribution in [1.29, 1.82) is 0 Å². The number of aliphatic hydroxyl groups is 1. The lowest BCUT2D eigenvalue weighted by molar-refractivity contribution is -0.276. The van der Waals surface area contributed by atoms with Gasteiger partial charge >= 0.3 is 12.1 Å². The minimum atomic E-state index is -5.02. The third-order valence-corrected chi connectivity index (χ3v) is 10.5. The van der Waals surface area contributed by atoms with Crippen LogP contribution in [-0.4, -0.2) is 65.2 Å². The van der Waals surface area contributed by atoms with Crippen molar-refractivity contribution in [2.24, 2.45) is 5.92 Å². The summed E-state index contributed by atoms with van der Waals surface area (Å²) in [4.78, 5) is 27.6. The summed E-state index contributed by atoms with van der Waals surface area (Å²) in [6.07, 6.45) is -5.52. The second-order valence-electron chi connectivity index (χ2n) is 14.0. The van der Waals surface area contributed by atoms with Crippen molar-refractivity contribution < 1.29 is 37.3 Å². The van der Waals surface area contributed by atoms with E-state index in [1.54, 1.807) is 0 Å². The quantitative estimate of drug-likeness (QED) is 0.166. The molecule has 4 aromatic rings. The highest BCUT2D eigenvalue weighted by atomic mass is 19.4. The Morgan fingerprint density at radius 2 is 1.60 bits per heavy atom. The molecular weight excluding hydrogens is 683 g/mol. The molecule has 0 radical (unpaired) electrons. The number of aliphatic hydroxyl groups excluding tert-OH is 1. The summed E-state index contributed by atoms with van der Waals surface area (Å²) in [5, 5.41) is 12.3. The van der Waals surface area contributed by atoms with E-state index in [0.29, 0.717) is 17.9 Å². The van der Waals surface area contributed by atoms with E-state index in [0.717, 1.165) is 33.4 Å². The molecule has 0 aromatic heterocycles. The van der Waals surface area contributed by atoms with Gasteiger partial charge in [-0.15, -0.1) is 0 Å². The average molecular weight is 730 g/mol. The number of halogens is 3. The molecule has 2 heterocycles. The fourth-order valence-electron chi connectivity index (χ4n) is 7.20. The SMILES string of the molecule is C[C@H]1[C@@H](CN(C)[C@@H](C)c2ccccc2)O[C@@H](c2ccc(-c3cccc(CNC(=O)[C@@H]4CCCN4C(=O)C(F)(F)F)c3)cc2)O[C@H]1c1ccc(CO)cc1. The van der Waals surface area contributed by atoms with Gasteiger partial charge < -0.3 is 24.8 Å². The largest absolute Gasteiger partial charge is 0.471 e. The minimum Gasteiger partial charge on any atom is -0.392 e. The Morgan fingerprint density at radius 3 is 2.28 bits per heavy atom. The molecule has 0 saturated carbocycles. The van der Waals surface area contributed by atoms with Gasteiger partial charge in [-0.25, -0.2) is 0 Å². The number of nitrogens with zero attached hydrogens (tertiary/aromatic N) is 2. The number of likely N-dealkylation sites (tertiary alicyclic amines) is 1. The number of carbonyl (C=O) groups is 2. The van der Waals surface area contributed by atoms with Crippen molar-refractivity contribution in [2.75, 3.05) is 20.1 Å². The molecule has 6 atom stereocenters. The highest BCUT2D eigenvalue weighted by Crippen LogP contribution is 2.42. The Hall–Kier alpha value is -4.55. The topological polar surface area (TPSA) is 91.3 Å². The highest BCUT2D eigenvalue weighted by molar-refractivity contribution is 5.90. The average Bonchev–Trinajstić information content (AvgIpc) is 3.67. The molecule has 0 aliphatic carbocycles. The van der Waals surface area contributed by atoms with Crippen LogP contribution in [0.2, 0.25) is 0 Å². The molecular formula is C42H46F3N3O5. The Bertz CT molecular complexity index is 1840. The van der Waals surface area contributed by atoms with Gasteiger partial charge in [0.05, 0.1) is 18.8 Å². The van der Waals surface area contributed by atoms with Gasteiger partial charge in [0, 0.05) is 37.2 Å². The normalized spacial score (nSPS) is 22.5. The molecule has 2 N–H and O–H groups in total. The maximum absolute atomic E-state index is 13.0. The zero-order valence-corrected chi connectivity index (χ0v) is 30.1. The van der Waals surface area contributed by atoms with Gasteiger partial charge in [0.2, 0.25) is 5.91 Å². The van der Waals surface area contributed by atoms with Crippen LogP contribution >= 0.6 is 0 Å². The summed E-state index contributed by atoms with van der Waals surface area (Å²) >= 11 is 0. The van der Waals surface area contributed by atoms with E-state index in [9.17, 15) is 27.9 Å². The Morgan fingerprint density at radius 1 is 0.906 bits per heavy atom. The van der Waals surface area contributed by atoms with Crippen molar-refractivity contribution in [1.82, 2.24) is 15.1 Å². The fraction of sp³-hybridized carbons (Fsp3) is 0.381. The number of carbonyl (C=O) groups excluding carboxylic acids is 2. The van der Waals surface area contributed by atoms with Crippen LogP contribution < -0.4 is 5.32 Å². The molecule has 0 unspecified atom stereocenters. The van der Waals surface area contributed by atoms with Gasteiger partial charge in [-0.3, -0.25) is 14.5 Å². The first-order valence-corrected chi connectivity index (χ1v) is 18.0. The molecule has 280 valence electrons. The monoisotopic (exact) mass is 729 g/mol. The van der Waals surface area contributed by atoms with Crippen LogP contribution in [0.3, 0.4) is 0 Å². The van der Waals surface area contributed by atoms with E-state index in [1.165, 1.54) is 5.56 Å². The lowest BCUT2D eigenvalue weighted by atomic mass is 9.89. The summed E-state index contributed by atoms with van der Waals surface area (Å²) in [5.41, 5.74) is 6.52. The highest BCUT2D eigenvalue weighted by Gasteiger charge is 2.47. The second-order valence-corrected chi connectivity index (χ2v) is 14.0. The van der Waals surface area contributed by atoms with Crippen molar-refractivity contribution >= 4 is 11.8 Å². The van der Waals surface area contributed by atoms with Crippen LogP contribution in [0.5, 0.6) is 0 Å². The molecule has 6 rings (SSSR count). The predicted molar refractivity (Wildman–Crippen MR) is 195 cm³/mol. The van der Waals surface area contributed by atoms with Gasteiger partial charge in [-0.1, -0.05) is 104 Å². The van der Waals surface area contributed by atoms with Crippen molar-refractivity contribution in [2.45, 2.75) is 76.6 Å². The van der Waals surface area contributed by atoms with Gasteiger partial charge in [0.15, 0.2) is 6.29 Å². The summed E-state index contributed by atoms with van der Waals surface area (Å²) in [5.74, 6) is -2.55. The zero-order valence-electron chi connectivity index (χ0n) is 30.1. The molecule has 53 heavy (non-hydrogen) atoms. The maximum atomic E-state index is 13.0. The summed E-state index contributed by atoms with van der Waals surface area (Å²) in [6.45, 7) is 5.00. The van der Waals surface area contributed by atoms with Crippen molar-refractivity contribution in [3.63, 3.8) is 0 Å². The Balaban J connectivity index is 1.16. The molecule has 11 heteroatoms. The van der Waals surface area contributed by atoms with Crippen LogP contribution in [0.1, 0.15) is 72.9 Å². The molecule has 0 spiro atoms. The lowest BCUT2D eigenvalue weighted by Crippen LogP contribution is -2.50. The standard InChI is InChI=1S/C42H46F3N3O5/c1-27-37(25-47(3)28(2)31-10-5-4-6-11-31)52-40(53-38(27)33-16-14-29(26-49)15-17-33)34-20-18-32(19-21-34)35-12-7-9-30(23-35)24-46-39(50)36-13-8-22-48(36)41(51)42(43,44)45/h4-7,9-12,14-21,23,27-28,36-38,40,49H,8,13,22,24-26H2,1-3H3,(H,46,50)/t27-,28-,36-,37+,38+,40+/m0/s1. The predicted octanol–water partition coefficient (Wildman–Crippen LogP) is 7.50. The fourth-order valence-corrected chi connectivity index (χ4v) is 7.20. The van der Waals surface area contributed by atoms with E-state index in [-0.39, 0.29) is 50.3 Å². The number of nitrogens with one attached hydrogen (secondary N) is 1. The first-order chi connectivity index (χ1) is 25.4. The van der Waals surface area contributed by atoms with Gasteiger partial charge in [-0.2, -0.15) is 13.2 Å². The van der Waals surface area contributed by atoms with Crippen LogP contribution in [0.4, 0.5) is 13.2 Å². The summed E-state index contributed by atoms with van der Waals surface area (Å²) in [6, 6.07) is 32.8.